The van der Waals surface area contributed by atoms with E-state index in [0.29, 0.717) is 6.54 Å². The Morgan fingerprint density at radius 2 is 1.96 bits per heavy atom. The highest BCUT2D eigenvalue weighted by Crippen LogP contribution is 2.69. The van der Waals surface area contributed by atoms with Crippen molar-refractivity contribution in [1.29, 1.82) is 0 Å². The molecule has 3 aliphatic carbocycles. The summed E-state index contributed by atoms with van der Waals surface area (Å²) in [5.74, 6) is 0. The highest BCUT2D eigenvalue weighted by molar-refractivity contribution is 5.81. The van der Waals surface area contributed by atoms with Gasteiger partial charge in [-0.05, 0) is 68.5 Å². The zero-order valence-corrected chi connectivity index (χ0v) is 16.2. The van der Waals surface area contributed by atoms with Gasteiger partial charge in [-0.2, -0.15) is 0 Å². The predicted octanol–water partition coefficient (Wildman–Crippen LogP) is 4.17. The van der Waals surface area contributed by atoms with Crippen LogP contribution in [0, 0.1) is 5.41 Å². The Hall–Kier alpha value is -2.08. The number of rotatable bonds is 6. The molecule has 6 heteroatoms. The first-order chi connectivity index (χ1) is 12.6. The van der Waals surface area contributed by atoms with Gasteiger partial charge >= 0.3 is 6.09 Å². The van der Waals surface area contributed by atoms with Crippen molar-refractivity contribution in [3.8, 4) is 0 Å². The van der Waals surface area contributed by atoms with Crippen molar-refractivity contribution in [3.63, 3.8) is 0 Å². The topological polar surface area (TPSA) is 66.2 Å². The molecule has 5 nitrogen and oxygen atoms in total. The molecule has 1 heterocycles. The number of carbonyl (C=O) groups excluding carboxylic acids is 1. The van der Waals surface area contributed by atoms with Crippen LogP contribution in [-0.4, -0.2) is 28.9 Å². The normalized spacial score (nSPS) is 26.4. The fourth-order valence-electron chi connectivity index (χ4n) is 4.44. The predicted molar refractivity (Wildman–Crippen MR) is 103 cm³/mol. The maximum Gasteiger partial charge on any atom is 0.407 e. The van der Waals surface area contributed by atoms with E-state index in [0.717, 1.165) is 54.5 Å². The average molecular weight is 373 g/mol. The second kappa shape index (κ2) is 6.23. The van der Waals surface area contributed by atoms with Gasteiger partial charge in [-0.3, -0.25) is 0 Å². The van der Waals surface area contributed by atoms with Gasteiger partial charge in [0.05, 0.1) is 0 Å². The number of aromatic amines is 1. The number of halogens is 1. The summed E-state index contributed by atoms with van der Waals surface area (Å²) >= 11 is 0. The van der Waals surface area contributed by atoms with Crippen LogP contribution in [-0.2, 0) is 17.8 Å². The zero-order valence-electron chi connectivity index (χ0n) is 16.2. The number of nitrogens with one attached hydrogen (secondary N) is 3. The lowest BCUT2D eigenvalue weighted by molar-refractivity contribution is -0.209. The summed E-state index contributed by atoms with van der Waals surface area (Å²) in [7, 11) is 0. The molecule has 2 aromatic rings. The zero-order chi connectivity index (χ0) is 19.3. The number of hydrogen-bond donors (Lipinski definition) is 3. The fourth-order valence-corrected chi connectivity index (χ4v) is 4.44. The lowest BCUT2D eigenvalue weighted by Crippen LogP contribution is -2.67. The molecule has 5 rings (SSSR count). The number of alkyl carbamates (subject to hydrolysis) is 1. The number of amides is 1. The molecule has 1 aromatic carbocycles. The minimum Gasteiger partial charge on any atom is -0.444 e. The van der Waals surface area contributed by atoms with Crippen LogP contribution in [0.15, 0.2) is 24.3 Å². The van der Waals surface area contributed by atoms with Crippen molar-refractivity contribution in [2.75, 3.05) is 6.54 Å². The molecule has 1 amide bonds. The van der Waals surface area contributed by atoms with Crippen molar-refractivity contribution in [2.45, 2.75) is 64.4 Å². The van der Waals surface area contributed by atoms with Gasteiger partial charge in [0.1, 0.15) is 11.3 Å². The maximum atomic E-state index is 13.6. The third kappa shape index (κ3) is 3.95. The van der Waals surface area contributed by atoms with Gasteiger partial charge in [0.2, 0.25) is 0 Å². The number of aromatic nitrogens is 1. The number of H-pyrrole nitrogens is 1. The molecule has 1 aromatic heterocycles. The number of carbonyl (C=O) groups is 1. The number of alkyl halides is 1. The number of ether oxygens (including phenoxy) is 1. The number of benzene rings is 1. The molecule has 2 bridgehead atoms. The molecule has 0 spiro atoms. The maximum absolute atomic E-state index is 13.6. The molecule has 3 N–H and O–H groups in total. The van der Waals surface area contributed by atoms with E-state index in [1.807, 2.05) is 32.9 Å². The van der Waals surface area contributed by atoms with Gasteiger partial charge in [-0.25, -0.2) is 9.18 Å². The van der Waals surface area contributed by atoms with Gasteiger partial charge in [-0.1, -0.05) is 12.1 Å². The molecule has 3 saturated carbocycles. The third-order valence-corrected chi connectivity index (χ3v) is 5.47. The van der Waals surface area contributed by atoms with Gasteiger partial charge in [0.15, 0.2) is 0 Å². The van der Waals surface area contributed by atoms with Crippen molar-refractivity contribution in [3.05, 3.63) is 35.5 Å². The van der Waals surface area contributed by atoms with Gasteiger partial charge < -0.3 is 20.4 Å². The summed E-state index contributed by atoms with van der Waals surface area (Å²) in [6.07, 6.45) is 1.78. The Morgan fingerprint density at radius 3 is 2.63 bits per heavy atom. The Balaban J connectivity index is 1.29. The first-order valence-corrected chi connectivity index (χ1v) is 9.61. The summed E-state index contributed by atoms with van der Waals surface area (Å²) < 4.78 is 18.8. The molecule has 3 aliphatic rings. The van der Waals surface area contributed by atoms with Crippen LogP contribution in [0.3, 0.4) is 0 Å². The minimum absolute atomic E-state index is 0.223. The smallest absolute Gasteiger partial charge is 0.407 e. The molecular weight excluding hydrogens is 345 g/mol. The van der Waals surface area contributed by atoms with Gasteiger partial charge in [0.25, 0.3) is 0 Å². The first-order valence-electron chi connectivity index (χ1n) is 9.61. The van der Waals surface area contributed by atoms with Gasteiger partial charge in [-0.15, -0.1) is 0 Å². The van der Waals surface area contributed by atoms with E-state index in [-0.39, 0.29) is 5.41 Å². The molecular formula is C21H28FN3O2. The van der Waals surface area contributed by atoms with Crippen molar-refractivity contribution in [1.82, 2.24) is 15.6 Å². The highest BCUT2D eigenvalue weighted by Gasteiger charge is 2.68. The second-order valence-electron chi connectivity index (χ2n) is 9.36. The molecule has 0 unspecified atom stereocenters. The summed E-state index contributed by atoms with van der Waals surface area (Å²) in [6.45, 7) is 7.59. The quantitative estimate of drug-likeness (QED) is 0.712. The molecule has 0 saturated heterocycles. The monoisotopic (exact) mass is 373 g/mol. The minimum atomic E-state index is -0.827. The SMILES string of the molecule is CC(C)(C)OC(=O)NCc1ccc2cc(CNCC34CC(F)(C3)C4)[nH]c2c1. The Labute approximate surface area is 159 Å². The average Bonchev–Trinajstić information content (AvgIpc) is 2.90. The highest BCUT2D eigenvalue weighted by atomic mass is 19.1. The van der Waals surface area contributed by atoms with E-state index in [4.69, 9.17) is 4.74 Å². The summed E-state index contributed by atoms with van der Waals surface area (Å²) in [6, 6.07) is 8.24. The second-order valence-corrected chi connectivity index (χ2v) is 9.36. The van der Waals surface area contributed by atoms with E-state index < -0.39 is 17.4 Å². The molecule has 0 radical (unpaired) electrons. The van der Waals surface area contributed by atoms with Crippen LogP contribution >= 0.6 is 0 Å². The van der Waals surface area contributed by atoms with Gasteiger partial charge in [0, 0.05) is 30.8 Å². The lowest BCUT2D eigenvalue weighted by Gasteiger charge is -2.66. The van der Waals surface area contributed by atoms with E-state index in [2.05, 4.69) is 27.8 Å². The van der Waals surface area contributed by atoms with E-state index in [1.165, 1.54) is 0 Å². The summed E-state index contributed by atoms with van der Waals surface area (Å²) in [4.78, 5) is 15.2. The number of hydrogen-bond acceptors (Lipinski definition) is 3. The third-order valence-electron chi connectivity index (χ3n) is 5.47. The first kappa shape index (κ1) is 18.3. The van der Waals surface area contributed by atoms with Crippen LogP contribution in [0.25, 0.3) is 10.9 Å². The molecule has 3 fully saturated rings. The van der Waals surface area contributed by atoms with Crippen LogP contribution < -0.4 is 10.6 Å². The van der Waals surface area contributed by atoms with E-state index in [1.54, 1.807) is 0 Å². The molecule has 0 aliphatic heterocycles. The Bertz CT molecular complexity index is 848. The summed E-state index contributed by atoms with van der Waals surface area (Å²) in [5, 5.41) is 7.39. The van der Waals surface area contributed by atoms with Crippen LogP contribution in [0.2, 0.25) is 0 Å². The lowest BCUT2D eigenvalue weighted by atomic mass is 9.42. The van der Waals surface area contributed by atoms with E-state index in [9.17, 15) is 9.18 Å². The van der Waals surface area contributed by atoms with Crippen LogP contribution in [0.1, 0.15) is 51.3 Å². The van der Waals surface area contributed by atoms with Crippen LogP contribution in [0.5, 0.6) is 0 Å². The van der Waals surface area contributed by atoms with Crippen molar-refractivity contribution >= 4 is 17.0 Å². The largest absolute Gasteiger partial charge is 0.444 e. The molecule has 146 valence electrons. The number of fused-ring (bicyclic) bond motifs is 1. The summed E-state index contributed by atoms with van der Waals surface area (Å²) in [5.41, 5.74) is 2.07. The molecule has 27 heavy (non-hydrogen) atoms. The fraction of sp³-hybridized carbons (Fsp3) is 0.571. The van der Waals surface area contributed by atoms with Crippen LogP contribution in [0.4, 0.5) is 9.18 Å². The van der Waals surface area contributed by atoms with Crippen molar-refractivity contribution < 1.29 is 13.9 Å². The Morgan fingerprint density at radius 1 is 1.22 bits per heavy atom. The standard InChI is InChI=1S/C21H28FN3O2/c1-19(2,3)27-18(26)24-8-14-4-5-15-7-16(25-17(15)6-14)9-23-13-20-10-21(22,11-20)12-20/h4-7,23,25H,8-13H2,1-3H3,(H,24,26). The molecule has 0 atom stereocenters. The Kier molecular flexibility index (Phi) is 4.22. The van der Waals surface area contributed by atoms with E-state index >= 15 is 0 Å². The van der Waals surface area contributed by atoms with Crippen molar-refractivity contribution in [2.24, 2.45) is 5.41 Å².